The molecule has 0 saturated carbocycles. The second-order valence-electron chi connectivity index (χ2n) is 3.51. The SMILES string of the molecule is CN(CCCc1ccccc1N)C(=O)O. The van der Waals surface area contributed by atoms with Gasteiger partial charge in [0.25, 0.3) is 0 Å². The molecule has 0 aliphatic rings. The molecule has 0 aliphatic heterocycles. The Bertz CT molecular complexity index is 339. The zero-order valence-corrected chi connectivity index (χ0v) is 8.81. The fourth-order valence-electron chi connectivity index (χ4n) is 1.36. The van der Waals surface area contributed by atoms with E-state index in [-0.39, 0.29) is 0 Å². The van der Waals surface area contributed by atoms with E-state index in [1.807, 2.05) is 24.3 Å². The zero-order chi connectivity index (χ0) is 11.3. The lowest BCUT2D eigenvalue weighted by Crippen LogP contribution is -2.25. The molecular weight excluding hydrogens is 192 g/mol. The second kappa shape index (κ2) is 5.24. The number of benzene rings is 1. The van der Waals surface area contributed by atoms with Crippen LogP contribution in [-0.4, -0.2) is 29.7 Å². The first kappa shape index (κ1) is 11.4. The predicted octanol–water partition coefficient (Wildman–Crippen LogP) is 1.81. The number of nitrogens with zero attached hydrogens (tertiary/aromatic N) is 1. The number of carbonyl (C=O) groups is 1. The van der Waals surface area contributed by atoms with Crippen molar-refractivity contribution in [2.24, 2.45) is 0 Å². The molecule has 0 unspecified atom stereocenters. The molecule has 0 spiro atoms. The summed E-state index contributed by atoms with van der Waals surface area (Å²) in [7, 11) is 1.57. The number of carboxylic acid groups (broad SMARTS) is 1. The van der Waals surface area contributed by atoms with Gasteiger partial charge in [-0.05, 0) is 24.5 Å². The maximum absolute atomic E-state index is 10.5. The van der Waals surface area contributed by atoms with Crippen LogP contribution in [0.3, 0.4) is 0 Å². The smallest absolute Gasteiger partial charge is 0.407 e. The number of para-hydroxylation sites is 1. The van der Waals surface area contributed by atoms with Gasteiger partial charge < -0.3 is 15.7 Å². The van der Waals surface area contributed by atoms with Gasteiger partial charge in [0, 0.05) is 19.3 Å². The molecule has 1 rings (SSSR count). The van der Waals surface area contributed by atoms with Crippen molar-refractivity contribution in [2.75, 3.05) is 19.3 Å². The zero-order valence-electron chi connectivity index (χ0n) is 8.81. The molecular formula is C11H16N2O2. The van der Waals surface area contributed by atoms with E-state index in [9.17, 15) is 4.79 Å². The van der Waals surface area contributed by atoms with E-state index < -0.39 is 6.09 Å². The molecule has 1 aromatic carbocycles. The van der Waals surface area contributed by atoms with E-state index >= 15 is 0 Å². The highest BCUT2D eigenvalue weighted by Gasteiger charge is 2.04. The number of amides is 1. The Kier molecular flexibility index (Phi) is 3.97. The summed E-state index contributed by atoms with van der Waals surface area (Å²) in [4.78, 5) is 11.8. The Hall–Kier alpha value is -1.71. The van der Waals surface area contributed by atoms with E-state index in [0.717, 1.165) is 24.1 Å². The lowest BCUT2D eigenvalue weighted by atomic mass is 10.1. The highest BCUT2D eigenvalue weighted by Crippen LogP contribution is 2.12. The van der Waals surface area contributed by atoms with Gasteiger partial charge in [0.2, 0.25) is 0 Å². The Labute approximate surface area is 89.3 Å². The van der Waals surface area contributed by atoms with Gasteiger partial charge in [0.15, 0.2) is 0 Å². The molecule has 1 amide bonds. The number of nitrogens with two attached hydrogens (primary N) is 1. The van der Waals surface area contributed by atoms with Crippen LogP contribution in [0.5, 0.6) is 0 Å². The third-order valence-corrected chi connectivity index (χ3v) is 2.32. The van der Waals surface area contributed by atoms with Gasteiger partial charge in [-0.3, -0.25) is 0 Å². The Balaban J connectivity index is 2.38. The lowest BCUT2D eigenvalue weighted by molar-refractivity contribution is 0.155. The average Bonchev–Trinajstić information content (AvgIpc) is 2.20. The van der Waals surface area contributed by atoms with Gasteiger partial charge in [-0.15, -0.1) is 0 Å². The minimum absolute atomic E-state index is 0.531. The average molecular weight is 208 g/mol. The number of rotatable bonds is 4. The number of hydrogen-bond acceptors (Lipinski definition) is 2. The first-order valence-corrected chi connectivity index (χ1v) is 4.88. The monoisotopic (exact) mass is 208 g/mol. The summed E-state index contributed by atoms with van der Waals surface area (Å²) in [6.45, 7) is 0.531. The highest BCUT2D eigenvalue weighted by atomic mass is 16.4. The molecule has 0 radical (unpaired) electrons. The summed E-state index contributed by atoms with van der Waals surface area (Å²) in [5.41, 5.74) is 7.62. The van der Waals surface area contributed by atoms with Gasteiger partial charge >= 0.3 is 6.09 Å². The maximum atomic E-state index is 10.5. The largest absolute Gasteiger partial charge is 0.465 e. The fourth-order valence-corrected chi connectivity index (χ4v) is 1.36. The van der Waals surface area contributed by atoms with Crippen molar-refractivity contribution in [3.8, 4) is 0 Å². The summed E-state index contributed by atoms with van der Waals surface area (Å²) < 4.78 is 0. The molecule has 3 N–H and O–H groups in total. The fraction of sp³-hybridized carbons (Fsp3) is 0.364. The molecule has 0 heterocycles. The third kappa shape index (κ3) is 3.50. The topological polar surface area (TPSA) is 66.6 Å². The minimum atomic E-state index is -0.893. The van der Waals surface area contributed by atoms with Crippen LogP contribution in [0.2, 0.25) is 0 Å². The van der Waals surface area contributed by atoms with Crippen LogP contribution in [0.1, 0.15) is 12.0 Å². The maximum Gasteiger partial charge on any atom is 0.407 e. The Morgan fingerprint density at radius 3 is 2.73 bits per heavy atom. The first-order valence-electron chi connectivity index (χ1n) is 4.88. The van der Waals surface area contributed by atoms with Gasteiger partial charge in [0.1, 0.15) is 0 Å². The molecule has 4 nitrogen and oxygen atoms in total. The van der Waals surface area contributed by atoms with Crippen molar-refractivity contribution in [3.63, 3.8) is 0 Å². The summed E-state index contributed by atoms with van der Waals surface area (Å²) in [6.07, 6.45) is 0.706. The minimum Gasteiger partial charge on any atom is -0.465 e. The Morgan fingerprint density at radius 2 is 2.13 bits per heavy atom. The van der Waals surface area contributed by atoms with Crippen LogP contribution in [-0.2, 0) is 6.42 Å². The van der Waals surface area contributed by atoms with Gasteiger partial charge in [-0.2, -0.15) is 0 Å². The summed E-state index contributed by atoms with van der Waals surface area (Å²) in [5.74, 6) is 0. The van der Waals surface area contributed by atoms with E-state index in [2.05, 4.69) is 0 Å². The second-order valence-corrected chi connectivity index (χ2v) is 3.51. The van der Waals surface area contributed by atoms with E-state index in [1.165, 1.54) is 4.90 Å². The molecule has 0 bridgehead atoms. The van der Waals surface area contributed by atoms with Crippen molar-refractivity contribution >= 4 is 11.8 Å². The van der Waals surface area contributed by atoms with Crippen LogP contribution < -0.4 is 5.73 Å². The molecule has 1 aromatic rings. The van der Waals surface area contributed by atoms with Crippen molar-refractivity contribution in [2.45, 2.75) is 12.8 Å². The lowest BCUT2D eigenvalue weighted by Gasteiger charge is -2.12. The van der Waals surface area contributed by atoms with Crippen molar-refractivity contribution in [3.05, 3.63) is 29.8 Å². The molecule has 0 aliphatic carbocycles. The standard InChI is InChI=1S/C11H16N2O2/c1-13(11(14)15)8-4-6-9-5-2-3-7-10(9)12/h2-3,5,7H,4,6,8,12H2,1H3,(H,14,15). The molecule has 0 atom stereocenters. The van der Waals surface area contributed by atoms with E-state index in [4.69, 9.17) is 10.8 Å². The molecule has 0 saturated heterocycles. The molecule has 0 fully saturated rings. The first-order chi connectivity index (χ1) is 7.11. The molecule has 0 aromatic heterocycles. The number of aryl methyl sites for hydroxylation is 1. The third-order valence-electron chi connectivity index (χ3n) is 2.32. The predicted molar refractivity (Wildman–Crippen MR) is 59.8 cm³/mol. The quantitative estimate of drug-likeness (QED) is 0.741. The van der Waals surface area contributed by atoms with Crippen LogP contribution in [0.25, 0.3) is 0 Å². The highest BCUT2D eigenvalue weighted by molar-refractivity contribution is 5.64. The van der Waals surface area contributed by atoms with Crippen molar-refractivity contribution in [1.29, 1.82) is 0 Å². The molecule has 15 heavy (non-hydrogen) atoms. The van der Waals surface area contributed by atoms with Gasteiger partial charge in [0.05, 0.1) is 0 Å². The summed E-state index contributed by atoms with van der Waals surface area (Å²) in [5, 5.41) is 8.64. The van der Waals surface area contributed by atoms with Gasteiger partial charge in [-0.1, -0.05) is 18.2 Å². The number of nitrogen functional groups attached to an aromatic ring is 1. The van der Waals surface area contributed by atoms with Crippen LogP contribution >= 0.6 is 0 Å². The van der Waals surface area contributed by atoms with Crippen LogP contribution in [0.15, 0.2) is 24.3 Å². The Morgan fingerprint density at radius 1 is 1.47 bits per heavy atom. The normalized spacial score (nSPS) is 9.93. The van der Waals surface area contributed by atoms with Gasteiger partial charge in [-0.25, -0.2) is 4.79 Å². The van der Waals surface area contributed by atoms with Crippen molar-refractivity contribution < 1.29 is 9.90 Å². The molecule has 82 valence electrons. The summed E-state index contributed by atoms with van der Waals surface area (Å²) in [6, 6.07) is 7.65. The van der Waals surface area contributed by atoms with Crippen LogP contribution in [0, 0.1) is 0 Å². The molecule has 4 heteroatoms. The van der Waals surface area contributed by atoms with Crippen molar-refractivity contribution in [1.82, 2.24) is 4.90 Å². The van der Waals surface area contributed by atoms with E-state index in [1.54, 1.807) is 7.05 Å². The summed E-state index contributed by atoms with van der Waals surface area (Å²) >= 11 is 0. The number of hydrogen-bond donors (Lipinski definition) is 2. The van der Waals surface area contributed by atoms with E-state index in [0.29, 0.717) is 6.54 Å². The number of anilines is 1. The van der Waals surface area contributed by atoms with Crippen LogP contribution in [0.4, 0.5) is 10.5 Å².